The zero-order valence-corrected chi connectivity index (χ0v) is 22.0. The predicted octanol–water partition coefficient (Wildman–Crippen LogP) is 8.24. The van der Waals surface area contributed by atoms with Gasteiger partial charge in [0.25, 0.3) is 0 Å². The van der Waals surface area contributed by atoms with Crippen LogP contribution in [0.4, 0.5) is 0 Å². The van der Waals surface area contributed by atoms with Gasteiger partial charge in [0.05, 0.1) is 22.6 Å². The number of aryl methyl sites for hydroxylation is 1. The first kappa shape index (κ1) is 24.3. The van der Waals surface area contributed by atoms with Crippen LogP contribution in [0.3, 0.4) is 0 Å². The van der Waals surface area contributed by atoms with Crippen LogP contribution >= 0.6 is 0 Å². The lowest BCUT2D eigenvalue weighted by Gasteiger charge is -2.34. The van der Waals surface area contributed by atoms with Gasteiger partial charge in [0.2, 0.25) is 0 Å². The molecule has 5 rings (SSSR count). The van der Waals surface area contributed by atoms with Crippen molar-refractivity contribution in [2.45, 2.75) is 71.5 Å². The summed E-state index contributed by atoms with van der Waals surface area (Å²) in [6.07, 6.45) is 5.76. The van der Waals surface area contributed by atoms with Gasteiger partial charge in [-0.2, -0.15) is 0 Å². The number of fused-ring (bicyclic) bond motifs is 1. The van der Waals surface area contributed by atoms with Crippen LogP contribution in [0.2, 0.25) is 0 Å². The number of aromatic nitrogens is 3. The van der Waals surface area contributed by atoms with Crippen molar-refractivity contribution in [3.8, 4) is 33.9 Å². The van der Waals surface area contributed by atoms with Crippen LogP contribution in [0.25, 0.3) is 33.9 Å². The van der Waals surface area contributed by atoms with Gasteiger partial charge in [-0.3, -0.25) is 4.98 Å². The highest BCUT2D eigenvalue weighted by Crippen LogP contribution is 2.54. The van der Waals surface area contributed by atoms with Crippen LogP contribution in [-0.4, -0.2) is 15.0 Å². The Bertz CT molecular complexity index is 1350. The predicted molar refractivity (Wildman–Crippen MR) is 146 cm³/mol. The number of hydrogen-bond acceptors (Lipinski definition) is 4. The van der Waals surface area contributed by atoms with E-state index < -0.39 is 0 Å². The van der Waals surface area contributed by atoms with Crippen molar-refractivity contribution in [1.82, 2.24) is 15.0 Å². The lowest BCUT2D eigenvalue weighted by Crippen LogP contribution is -2.31. The van der Waals surface area contributed by atoms with Crippen LogP contribution in [0, 0.1) is 6.92 Å². The lowest BCUT2D eigenvalue weighted by molar-refractivity contribution is -0.151. The Kier molecular flexibility index (Phi) is 6.48. The summed E-state index contributed by atoms with van der Waals surface area (Å²) >= 11 is 0. The van der Waals surface area contributed by atoms with Crippen LogP contribution in [0.5, 0.6) is 0 Å². The maximum absolute atomic E-state index is 6.89. The molecular weight excluding hydrogens is 442 g/mol. The monoisotopic (exact) mass is 477 g/mol. The van der Waals surface area contributed by atoms with Crippen molar-refractivity contribution < 1.29 is 4.74 Å². The first-order valence-corrected chi connectivity index (χ1v) is 13.2. The summed E-state index contributed by atoms with van der Waals surface area (Å²) in [5, 5.41) is 0. The molecule has 0 saturated carbocycles. The smallest absolute Gasteiger partial charge is 0.161 e. The Morgan fingerprint density at radius 3 is 1.94 bits per heavy atom. The second-order valence-electron chi connectivity index (χ2n) is 9.78. The van der Waals surface area contributed by atoms with Gasteiger partial charge in [0.1, 0.15) is 0 Å². The molecule has 0 saturated heterocycles. The van der Waals surface area contributed by atoms with Crippen LogP contribution in [-0.2, 0) is 15.9 Å². The Morgan fingerprint density at radius 2 is 1.31 bits per heavy atom. The van der Waals surface area contributed by atoms with Crippen molar-refractivity contribution in [2.75, 3.05) is 0 Å². The highest BCUT2D eigenvalue weighted by molar-refractivity contribution is 5.67. The Labute approximate surface area is 214 Å². The van der Waals surface area contributed by atoms with Crippen molar-refractivity contribution in [3.05, 3.63) is 89.7 Å². The first-order chi connectivity index (χ1) is 17.5. The standard InChI is InChI=1S/C32H35N3O/c1-6-31(7-2)26-17-15-24(20-27(26)32(8-3,9-4)36-31)28-18-16-25(21-33-28)30-34-22(5)19-29(35-30)23-13-11-10-12-14-23/h10-21H,6-9H2,1-5H3. The third-order valence-corrected chi connectivity index (χ3v) is 7.92. The Morgan fingerprint density at radius 1 is 0.639 bits per heavy atom. The largest absolute Gasteiger partial charge is 0.359 e. The van der Waals surface area contributed by atoms with Crippen molar-refractivity contribution in [2.24, 2.45) is 0 Å². The molecule has 36 heavy (non-hydrogen) atoms. The number of benzene rings is 2. The Balaban J connectivity index is 1.51. The van der Waals surface area contributed by atoms with E-state index in [1.54, 1.807) is 0 Å². The van der Waals surface area contributed by atoms with Crippen molar-refractivity contribution >= 4 is 0 Å². The number of rotatable bonds is 7. The summed E-state index contributed by atoms with van der Waals surface area (Å²) in [5.41, 5.74) is 8.16. The van der Waals surface area contributed by atoms with Crippen LogP contribution in [0.15, 0.2) is 72.9 Å². The summed E-state index contributed by atoms with van der Waals surface area (Å²) in [6, 6.07) is 23.2. The molecule has 2 aromatic heterocycles. The second-order valence-corrected chi connectivity index (χ2v) is 9.78. The molecule has 1 aliphatic rings. The molecule has 0 fully saturated rings. The molecule has 0 spiro atoms. The molecular formula is C32H35N3O. The van der Waals surface area contributed by atoms with E-state index in [4.69, 9.17) is 14.7 Å². The first-order valence-electron chi connectivity index (χ1n) is 13.2. The highest BCUT2D eigenvalue weighted by atomic mass is 16.5. The molecule has 4 aromatic rings. The minimum absolute atomic E-state index is 0.198. The summed E-state index contributed by atoms with van der Waals surface area (Å²) in [5.74, 6) is 0.696. The molecule has 0 bridgehead atoms. The van der Waals surface area contributed by atoms with Gasteiger partial charge in [-0.05, 0) is 68.0 Å². The maximum Gasteiger partial charge on any atom is 0.161 e. The maximum atomic E-state index is 6.89. The van der Waals surface area contributed by atoms with Crippen molar-refractivity contribution in [1.29, 1.82) is 0 Å². The minimum Gasteiger partial charge on any atom is -0.359 e. The van der Waals surface area contributed by atoms with E-state index in [1.807, 2.05) is 37.4 Å². The van der Waals surface area contributed by atoms with E-state index >= 15 is 0 Å². The fourth-order valence-electron chi connectivity index (χ4n) is 5.66. The van der Waals surface area contributed by atoms with Crippen LogP contribution in [0.1, 0.15) is 70.2 Å². The van der Waals surface area contributed by atoms with Gasteiger partial charge in [0, 0.05) is 28.6 Å². The van der Waals surface area contributed by atoms with Gasteiger partial charge < -0.3 is 4.74 Å². The van der Waals surface area contributed by atoms with Crippen molar-refractivity contribution in [3.63, 3.8) is 0 Å². The van der Waals surface area contributed by atoms with E-state index in [1.165, 1.54) is 11.1 Å². The SMILES string of the molecule is CCC1(CC)OC(CC)(CC)c2cc(-c3ccc(-c4nc(C)cc(-c5ccccc5)n4)cn3)ccc21. The fourth-order valence-corrected chi connectivity index (χ4v) is 5.66. The third-order valence-electron chi connectivity index (χ3n) is 7.92. The van der Waals surface area contributed by atoms with E-state index in [2.05, 4.69) is 75.1 Å². The van der Waals surface area contributed by atoms with Gasteiger partial charge >= 0.3 is 0 Å². The zero-order valence-electron chi connectivity index (χ0n) is 22.0. The van der Waals surface area contributed by atoms with Gasteiger partial charge in [-0.1, -0.05) is 70.2 Å². The van der Waals surface area contributed by atoms with E-state index in [0.29, 0.717) is 5.82 Å². The molecule has 0 aliphatic carbocycles. The zero-order chi connectivity index (χ0) is 25.3. The van der Waals surface area contributed by atoms with Gasteiger partial charge in [-0.15, -0.1) is 0 Å². The molecule has 184 valence electrons. The average Bonchev–Trinajstić information content (AvgIpc) is 3.23. The molecule has 0 amide bonds. The molecule has 0 N–H and O–H groups in total. The molecule has 1 aliphatic heterocycles. The number of ether oxygens (including phenoxy) is 1. The topological polar surface area (TPSA) is 47.9 Å². The van der Waals surface area contributed by atoms with E-state index in [-0.39, 0.29) is 11.2 Å². The van der Waals surface area contributed by atoms with Crippen LogP contribution < -0.4 is 0 Å². The number of hydrogen-bond donors (Lipinski definition) is 0. The van der Waals surface area contributed by atoms with Gasteiger partial charge in [0.15, 0.2) is 5.82 Å². The minimum atomic E-state index is -0.236. The molecule has 0 unspecified atom stereocenters. The summed E-state index contributed by atoms with van der Waals surface area (Å²) in [6.45, 7) is 10.9. The highest BCUT2D eigenvalue weighted by Gasteiger charge is 2.49. The third kappa shape index (κ3) is 4.04. The van der Waals surface area contributed by atoms with E-state index in [0.717, 1.165) is 59.5 Å². The normalized spacial score (nSPS) is 15.6. The fraction of sp³-hybridized carbons (Fsp3) is 0.344. The molecule has 3 heterocycles. The lowest BCUT2D eigenvalue weighted by atomic mass is 9.81. The average molecular weight is 478 g/mol. The number of pyridine rings is 1. The quantitative estimate of drug-likeness (QED) is 0.269. The molecule has 2 aromatic carbocycles. The molecule has 0 atom stereocenters. The Hall–Kier alpha value is -3.37. The number of nitrogens with zero attached hydrogens (tertiary/aromatic N) is 3. The molecule has 0 radical (unpaired) electrons. The second kappa shape index (κ2) is 9.59. The molecule has 4 heteroatoms. The molecule has 4 nitrogen and oxygen atoms in total. The summed E-state index contributed by atoms with van der Waals surface area (Å²) in [7, 11) is 0. The van der Waals surface area contributed by atoms with E-state index in [9.17, 15) is 0 Å². The summed E-state index contributed by atoms with van der Waals surface area (Å²) < 4.78 is 6.89. The summed E-state index contributed by atoms with van der Waals surface area (Å²) in [4.78, 5) is 14.4. The van der Waals surface area contributed by atoms with Gasteiger partial charge in [-0.25, -0.2) is 9.97 Å².